The van der Waals surface area contributed by atoms with E-state index in [2.05, 4.69) is 99.2 Å². The molecule has 0 nitrogen and oxygen atoms in total. The van der Waals surface area contributed by atoms with E-state index in [9.17, 15) is 0 Å². The molecule has 0 aromatic heterocycles. The number of allylic oxidation sites excluding steroid dienone is 1. The molecule has 0 radical (unpaired) electrons. The summed E-state index contributed by atoms with van der Waals surface area (Å²) in [6, 6.07) is 10.6. The Hall–Kier alpha value is -1.04. The van der Waals surface area contributed by atoms with Crippen molar-refractivity contribution in [3.05, 3.63) is 48.6 Å². The Balaban J connectivity index is 0.000000373. The molecule has 1 saturated carbocycles. The fourth-order valence-electron chi connectivity index (χ4n) is 2.83. The summed E-state index contributed by atoms with van der Waals surface area (Å²) in [7, 11) is 0. The van der Waals surface area contributed by atoms with Gasteiger partial charge in [-0.25, -0.2) is 0 Å². The molecule has 0 aliphatic heterocycles. The van der Waals surface area contributed by atoms with Crippen LogP contribution >= 0.6 is 0 Å². The minimum atomic E-state index is 0.404. The highest BCUT2D eigenvalue weighted by Gasteiger charge is 2.26. The van der Waals surface area contributed by atoms with Crippen molar-refractivity contribution in [3.8, 4) is 0 Å². The van der Waals surface area contributed by atoms with Crippen LogP contribution in [0.5, 0.6) is 0 Å². The summed E-state index contributed by atoms with van der Waals surface area (Å²) in [6.45, 7) is 24.0. The molecular formula is C26H46. The lowest BCUT2D eigenvalue weighted by molar-refractivity contribution is 0.354. The van der Waals surface area contributed by atoms with Gasteiger partial charge in [-0.3, -0.25) is 0 Å². The molecule has 1 aromatic carbocycles. The van der Waals surface area contributed by atoms with E-state index in [0.717, 1.165) is 18.8 Å². The monoisotopic (exact) mass is 358 g/mol. The molecule has 1 aromatic rings. The zero-order chi connectivity index (χ0) is 20.4. The van der Waals surface area contributed by atoms with Crippen molar-refractivity contribution >= 4 is 0 Å². The van der Waals surface area contributed by atoms with Gasteiger partial charge in [0.25, 0.3) is 0 Å². The number of hydrogen-bond acceptors (Lipinski definition) is 0. The minimum Gasteiger partial charge on any atom is -0.103 e. The molecule has 0 atom stereocenters. The molecular weight excluding hydrogens is 312 g/mol. The minimum absolute atomic E-state index is 0.404. The highest BCUT2D eigenvalue weighted by molar-refractivity contribution is 5.15. The van der Waals surface area contributed by atoms with Gasteiger partial charge in [-0.2, -0.15) is 0 Å². The van der Waals surface area contributed by atoms with Gasteiger partial charge in [0.1, 0.15) is 0 Å². The van der Waals surface area contributed by atoms with Gasteiger partial charge in [-0.05, 0) is 47.0 Å². The summed E-state index contributed by atoms with van der Waals surface area (Å²) >= 11 is 0. The van der Waals surface area contributed by atoms with Crippen molar-refractivity contribution in [3.63, 3.8) is 0 Å². The summed E-state index contributed by atoms with van der Waals surface area (Å²) in [5, 5.41) is 0. The number of rotatable bonds is 3. The Morgan fingerprint density at radius 1 is 0.808 bits per heavy atom. The Morgan fingerprint density at radius 3 is 1.54 bits per heavy atom. The van der Waals surface area contributed by atoms with E-state index >= 15 is 0 Å². The first-order chi connectivity index (χ1) is 11.7. The van der Waals surface area contributed by atoms with E-state index in [1.165, 1.54) is 24.8 Å². The van der Waals surface area contributed by atoms with E-state index in [-0.39, 0.29) is 0 Å². The summed E-state index contributed by atoms with van der Waals surface area (Å²) in [5.74, 6) is 1.09. The van der Waals surface area contributed by atoms with Crippen molar-refractivity contribution in [2.75, 3.05) is 0 Å². The first kappa shape index (κ1) is 25.0. The lowest BCUT2D eigenvalue weighted by Crippen LogP contribution is -2.08. The third-order valence-electron chi connectivity index (χ3n) is 3.93. The summed E-state index contributed by atoms with van der Waals surface area (Å²) < 4.78 is 0. The van der Waals surface area contributed by atoms with Crippen LogP contribution < -0.4 is 0 Å². The Kier molecular flexibility index (Phi) is 10.5. The van der Waals surface area contributed by atoms with Crippen molar-refractivity contribution in [2.45, 2.75) is 94.4 Å². The zero-order valence-corrected chi connectivity index (χ0v) is 19.3. The van der Waals surface area contributed by atoms with Crippen LogP contribution in [0.3, 0.4) is 0 Å². The third-order valence-corrected chi connectivity index (χ3v) is 3.93. The predicted octanol–water partition coefficient (Wildman–Crippen LogP) is 8.72. The first-order valence-corrected chi connectivity index (χ1v) is 10.4. The Labute approximate surface area is 165 Å². The molecule has 0 heterocycles. The zero-order valence-electron chi connectivity index (χ0n) is 19.3. The van der Waals surface area contributed by atoms with Crippen molar-refractivity contribution in [1.82, 2.24) is 0 Å². The van der Waals surface area contributed by atoms with E-state index < -0.39 is 0 Å². The van der Waals surface area contributed by atoms with Crippen LogP contribution in [-0.4, -0.2) is 0 Å². The Morgan fingerprint density at radius 2 is 1.31 bits per heavy atom. The molecule has 0 saturated heterocycles. The van der Waals surface area contributed by atoms with Gasteiger partial charge in [0.05, 0.1) is 0 Å². The van der Waals surface area contributed by atoms with Crippen molar-refractivity contribution < 1.29 is 0 Å². The average Bonchev–Trinajstić information content (AvgIpc) is 3.19. The molecule has 1 aliphatic rings. The summed E-state index contributed by atoms with van der Waals surface area (Å²) in [6.07, 6.45) is 8.66. The van der Waals surface area contributed by atoms with E-state index in [0.29, 0.717) is 16.2 Å². The second-order valence-corrected chi connectivity index (χ2v) is 11.5. The standard InChI is InChI=1S/C11H16.C8H16.C7H14/c1-11(2,3)9-10-7-5-4-6-8-10;1-8(2,3)6-7-4-5-7;1-5-6-7(2,3)4/h4-8H,9H2,1-3H3;7H,4-6H2,1-3H3;5H,1,6H2,2-4H3. The van der Waals surface area contributed by atoms with Crippen molar-refractivity contribution in [2.24, 2.45) is 22.2 Å². The molecule has 0 unspecified atom stereocenters. The molecule has 0 amide bonds. The highest BCUT2D eigenvalue weighted by atomic mass is 14.3. The number of benzene rings is 1. The quantitative estimate of drug-likeness (QED) is 0.474. The largest absolute Gasteiger partial charge is 0.103 e. The molecule has 0 spiro atoms. The van der Waals surface area contributed by atoms with Gasteiger partial charge in [0.15, 0.2) is 0 Å². The molecule has 1 aliphatic carbocycles. The molecule has 0 heteroatoms. The number of hydrogen-bond donors (Lipinski definition) is 0. The highest BCUT2D eigenvalue weighted by Crippen LogP contribution is 2.39. The van der Waals surface area contributed by atoms with Crippen LogP contribution in [0, 0.1) is 22.2 Å². The maximum Gasteiger partial charge on any atom is -0.0230 e. The first-order valence-electron chi connectivity index (χ1n) is 10.4. The van der Waals surface area contributed by atoms with Crippen LogP contribution in [0.15, 0.2) is 43.0 Å². The molecule has 0 bridgehead atoms. The van der Waals surface area contributed by atoms with Crippen LogP contribution in [0.25, 0.3) is 0 Å². The fourth-order valence-corrected chi connectivity index (χ4v) is 2.83. The fraction of sp³-hybridized carbons (Fsp3) is 0.692. The van der Waals surface area contributed by atoms with Gasteiger partial charge in [0.2, 0.25) is 0 Å². The third kappa shape index (κ3) is 19.3. The molecule has 2 rings (SSSR count). The summed E-state index contributed by atoms with van der Waals surface area (Å²) in [4.78, 5) is 0. The Bertz CT molecular complexity index is 470. The topological polar surface area (TPSA) is 0 Å². The van der Waals surface area contributed by atoms with Gasteiger partial charge in [-0.15, -0.1) is 6.58 Å². The van der Waals surface area contributed by atoms with E-state index in [4.69, 9.17) is 0 Å². The second-order valence-electron chi connectivity index (χ2n) is 11.5. The molecule has 26 heavy (non-hydrogen) atoms. The average molecular weight is 359 g/mol. The van der Waals surface area contributed by atoms with Crippen LogP contribution in [0.1, 0.15) is 93.6 Å². The van der Waals surface area contributed by atoms with Crippen LogP contribution in [-0.2, 0) is 6.42 Å². The summed E-state index contributed by atoms with van der Waals surface area (Å²) in [5.41, 5.74) is 2.85. The maximum atomic E-state index is 3.65. The van der Waals surface area contributed by atoms with E-state index in [1.807, 2.05) is 6.08 Å². The lowest BCUT2D eigenvalue weighted by Gasteiger charge is -2.17. The second kappa shape index (κ2) is 11.0. The normalized spacial score (nSPS) is 14.5. The molecule has 150 valence electrons. The van der Waals surface area contributed by atoms with Gasteiger partial charge < -0.3 is 0 Å². The molecule has 0 N–H and O–H groups in total. The van der Waals surface area contributed by atoms with Crippen LogP contribution in [0.4, 0.5) is 0 Å². The van der Waals surface area contributed by atoms with Gasteiger partial charge in [-0.1, -0.05) is 112 Å². The van der Waals surface area contributed by atoms with E-state index in [1.54, 1.807) is 0 Å². The van der Waals surface area contributed by atoms with Gasteiger partial charge >= 0.3 is 0 Å². The lowest BCUT2D eigenvalue weighted by atomic mass is 9.88. The SMILES string of the molecule is C=CCC(C)(C)C.CC(C)(C)CC1CC1.CC(C)(C)Cc1ccccc1. The van der Waals surface area contributed by atoms with Gasteiger partial charge in [0, 0.05) is 0 Å². The maximum absolute atomic E-state index is 3.65. The smallest absolute Gasteiger partial charge is 0.0230 e. The van der Waals surface area contributed by atoms with Crippen LogP contribution in [0.2, 0.25) is 0 Å². The predicted molar refractivity (Wildman–Crippen MR) is 121 cm³/mol. The van der Waals surface area contributed by atoms with Crippen molar-refractivity contribution in [1.29, 1.82) is 0 Å². The molecule has 1 fully saturated rings.